The minimum atomic E-state index is 0.318. The van der Waals surface area contributed by atoms with E-state index in [2.05, 4.69) is 15.1 Å². The molecule has 0 amide bonds. The van der Waals surface area contributed by atoms with Crippen molar-refractivity contribution < 1.29 is 4.74 Å². The lowest BCUT2D eigenvalue weighted by Crippen LogP contribution is -2.08. The Morgan fingerprint density at radius 1 is 1.35 bits per heavy atom. The van der Waals surface area contributed by atoms with Gasteiger partial charge in [-0.3, -0.25) is 0 Å². The Hall–Kier alpha value is -1.82. The van der Waals surface area contributed by atoms with Crippen LogP contribution in [0, 0.1) is 13.8 Å². The average Bonchev–Trinajstić information content (AvgIpc) is 2.57. The first-order chi connectivity index (χ1) is 8.06. The number of halogens is 1. The third kappa shape index (κ3) is 1.80. The number of nitrogens with zero attached hydrogens (tertiary/aromatic N) is 4. The highest BCUT2D eigenvalue weighted by Crippen LogP contribution is 2.27. The molecule has 0 atom stereocenters. The Kier molecular flexibility index (Phi) is 2.89. The van der Waals surface area contributed by atoms with Gasteiger partial charge in [0.1, 0.15) is 12.0 Å². The maximum Gasteiger partial charge on any atom is 0.242 e. The summed E-state index contributed by atoms with van der Waals surface area (Å²) in [4.78, 5) is 8.01. The van der Waals surface area contributed by atoms with E-state index < -0.39 is 0 Å². The SMILES string of the molecule is COc1ncnc(-n2nc(C)c(Cl)c2C)c1N. The smallest absolute Gasteiger partial charge is 0.242 e. The van der Waals surface area contributed by atoms with Crippen molar-refractivity contribution in [3.05, 3.63) is 22.7 Å². The standard InChI is InChI=1S/C10H12ClN5O/c1-5-7(11)6(2)16(15-5)9-8(12)10(17-3)14-4-13-9/h4H,12H2,1-3H3. The van der Waals surface area contributed by atoms with Gasteiger partial charge in [-0.2, -0.15) is 10.1 Å². The average molecular weight is 254 g/mol. The normalized spacial score (nSPS) is 10.6. The van der Waals surface area contributed by atoms with E-state index in [9.17, 15) is 0 Å². The van der Waals surface area contributed by atoms with Crippen LogP contribution < -0.4 is 10.5 Å². The Bertz CT molecular complexity index is 566. The number of aryl methyl sites for hydroxylation is 1. The zero-order valence-corrected chi connectivity index (χ0v) is 10.5. The monoisotopic (exact) mass is 253 g/mol. The van der Waals surface area contributed by atoms with Crippen LogP contribution in [0.5, 0.6) is 5.88 Å². The van der Waals surface area contributed by atoms with Crippen molar-refractivity contribution in [2.24, 2.45) is 0 Å². The number of aromatic nitrogens is 4. The molecule has 0 unspecified atom stereocenters. The molecule has 2 aromatic rings. The molecular weight excluding hydrogens is 242 g/mol. The molecule has 0 fully saturated rings. The second-order valence-electron chi connectivity index (χ2n) is 3.52. The van der Waals surface area contributed by atoms with E-state index in [0.29, 0.717) is 22.4 Å². The van der Waals surface area contributed by atoms with E-state index in [0.717, 1.165) is 11.4 Å². The number of rotatable bonds is 2. The molecule has 7 heteroatoms. The second kappa shape index (κ2) is 4.21. The molecule has 0 saturated heterocycles. The summed E-state index contributed by atoms with van der Waals surface area (Å²) in [7, 11) is 1.50. The van der Waals surface area contributed by atoms with Crippen molar-refractivity contribution in [3.8, 4) is 11.7 Å². The van der Waals surface area contributed by atoms with Gasteiger partial charge in [0.05, 0.1) is 23.5 Å². The van der Waals surface area contributed by atoms with Crippen molar-refractivity contribution >= 4 is 17.3 Å². The molecule has 17 heavy (non-hydrogen) atoms. The number of hydrogen-bond acceptors (Lipinski definition) is 5. The van der Waals surface area contributed by atoms with Crippen molar-refractivity contribution in [2.75, 3.05) is 12.8 Å². The predicted octanol–water partition coefficient (Wildman–Crippen LogP) is 1.52. The Morgan fingerprint density at radius 2 is 2.06 bits per heavy atom. The zero-order chi connectivity index (χ0) is 12.6. The Morgan fingerprint density at radius 3 is 2.59 bits per heavy atom. The second-order valence-corrected chi connectivity index (χ2v) is 3.89. The van der Waals surface area contributed by atoms with Crippen LogP contribution in [-0.2, 0) is 0 Å². The van der Waals surface area contributed by atoms with E-state index in [1.165, 1.54) is 13.4 Å². The van der Waals surface area contributed by atoms with Gasteiger partial charge in [-0.05, 0) is 13.8 Å². The van der Waals surface area contributed by atoms with Gasteiger partial charge >= 0.3 is 0 Å². The topological polar surface area (TPSA) is 78.9 Å². The number of hydrogen-bond donors (Lipinski definition) is 1. The minimum absolute atomic E-state index is 0.318. The fourth-order valence-corrected chi connectivity index (χ4v) is 1.65. The molecule has 0 spiro atoms. The number of methoxy groups -OCH3 is 1. The first kappa shape index (κ1) is 11.7. The summed E-state index contributed by atoms with van der Waals surface area (Å²) < 4.78 is 6.61. The third-order valence-electron chi connectivity index (χ3n) is 2.42. The fourth-order valence-electron chi connectivity index (χ4n) is 1.53. The molecule has 0 aromatic carbocycles. The number of ether oxygens (including phenoxy) is 1. The van der Waals surface area contributed by atoms with Crippen LogP contribution in [0.25, 0.3) is 5.82 Å². The molecule has 0 radical (unpaired) electrons. The first-order valence-corrected chi connectivity index (χ1v) is 5.30. The zero-order valence-electron chi connectivity index (χ0n) is 9.73. The lowest BCUT2D eigenvalue weighted by atomic mass is 10.4. The summed E-state index contributed by atoms with van der Waals surface area (Å²) in [6.45, 7) is 3.66. The number of nitrogens with two attached hydrogens (primary N) is 1. The van der Waals surface area contributed by atoms with Crippen LogP contribution in [0.2, 0.25) is 5.02 Å². The quantitative estimate of drug-likeness (QED) is 0.878. The van der Waals surface area contributed by atoms with Crippen LogP contribution >= 0.6 is 11.6 Å². The van der Waals surface area contributed by atoms with Crippen LogP contribution in [0.15, 0.2) is 6.33 Å². The summed E-state index contributed by atoms with van der Waals surface area (Å²) in [6.07, 6.45) is 1.37. The maximum absolute atomic E-state index is 6.08. The lowest BCUT2D eigenvalue weighted by molar-refractivity contribution is 0.399. The number of anilines is 1. The summed E-state index contributed by atoms with van der Waals surface area (Å²) >= 11 is 6.08. The lowest BCUT2D eigenvalue weighted by Gasteiger charge is -2.08. The van der Waals surface area contributed by atoms with Crippen molar-refractivity contribution in [1.82, 2.24) is 19.7 Å². The Balaban J connectivity index is 2.64. The van der Waals surface area contributed by atoms with Gasteiger partial charge in [0.2, 0.25) is 5.88 Å². The molecule has 6 nitrogen and oxygen atoms in total. The van der Waals surface area contributed by atoms with Gasteiger partial charge in [-0.15, -0.1) is 0 Å². The highest BCUT2D eigenvalue weighted by Gasteiger charge is 2.16. The van der Waals surface area contributed by atoms with Crippen molar-refractivity contribution in [1.29, 1.82) is 0 Å². The number of nitrogen functional groups attached to an aromatic ring is 1. The van der Waals surface area contributed by atoms with Gasteiger partial charge in [-0.25, -0.2) is 9.67 Å². The van der Waals surface area contributed by atoms with Gasteiger partial charge in [0, 0.05) is 0 Å². The molecule has 2 N–H and O–H groups in total. The van der Waals surface area contributed by atoms with Crippen molar-refractivity contribution in [3.63, 3.8) is 0 Å². The van der Waals surface area contributed by atoms with Crippen LogP contribution in [0.3, 0.4) is 0 Å². The molecule has 0 bridgehead atoms. The van der Waals surface area contributed by atoms with E-state index in [4.69, 9.17) is 22.1 Å². The fraction of sp³-hybridized carbons (Fsp3) is 0.300. The molecular formula is C10H12ClN5O. The van der Waals surface area contributed by atoms with Crippen LogP contribution in [-0.4, -0.2) is 26.9 Å². The van der Waals surface area contributed by atoms with Gasteiger partial charge in [0.15, 0.2) is 5.82 Å². The summed E-state index contributed by atoms with van der Waals surface area (Å²) in [5, 5.41) is 4.87. The van der Waals surface area contributed by atoms with Crippen molar-refractivity contribution in [2.45, 2.75) is 13.8 Å². The summed E-state index contributed by atoms with van der Waals surface area (Å²) in [5.41, 5.74) is 7.73. The van der Waals surface area contributed by atoms with E-state index >= 15 is 0 Å². The van der Waals surface area contributed by atoms with E-state index in [-0.39, 0.29) is 0 Å². The van der Waals surface area contributed by atoms with E-state index in [1.807, 2.05) is 13.8 Å². The van der Waals surface area contributed by atoms with Gasteiger partial charge < -0.3 is 10.5 Å². The molecule has 2 heterocycles. The van der Waals surface area contributed by atoms with Crippen LogP contribution in [0.1, 0.15) is 11.4 Å². The molecule has 2 aromatic heterocycles. The first-order valence-electron chi connectivity index (χ1n) is 4.92. The maximum atomic E-state index is 6.08. The molecule has 0 saturated carbocycles. The van der Waals surface area contributed by atoms with Crippen LogP contribution in [0.4, 0.5) is 5.69 Å². The van der Waals surface area contributed by atoms with Gasteiger partial charge in [-0.1, -0.05) is 11.6 Å². The minimum Gasteiger partial charge on any atom is -0.479 e. The summed E-state index contributed by atoms with van der Waals surface area (Å²) in [6, 6.07) is 0. The Labute approximate surface area is 103 Å². The highest BCUT2D eigenvalue weighted by atomic mass is 35.5. The molecule has 2 rings (SSSR count). The third-order valence-corrected chi connectivity index (χ3v) is 2.97. The molecule has 0 aliphatic heterocycles. The van der Waals surface area contributed by atoms with E-state index in [1.54, 1.807) is 4.68 Å². The molecule has 0 aliphatic carbocycles. The highest BCUT2D eigenvalue weighted by molar-refractivity contribution is 6.31. The largest absolute Gasteiger partial charge is 0.479 e. The summed E-state index contributed by atoms with van der Waals surface area (Å²) in [5.74, 6) is 0.781. The molecule has 90 valence electrons. The molecule has 0 aliphatic rings. The predicted molar refractivity (Wildman–Crippen MR) is 64.6 cm³/mol. The van der Waals surface area contributed by atoms with Gasteiger partial charge in [0.25, 0.3) is 0 Å².